The van der Waals surface area contributed by atoms with Crippen molar-refractivity contribution in [3.05, 3.63) is 88.5 Å². The second-order valence-corrected chi connectivity index (χ2v) is 16.1. The number of amidine groups is 1. The van der Waals surface area contributed by atoms with Crippen molar-refractivity contribution in [3.8, 4) is 0 Å². The molecule has 4 aromatic rings. The summed E-state index contributed by atoms with van der Waals surface area (Å²) in [5.41, 5.74) is 13.3. The number of carbonyl (C=O) groups is 4. The number of aliphatic carboxylic acids is 2. The van der Waals surface area contributed by atoms with Gasteiger partial charge in [0.1, 0.15) is 28.6 Å². The van der Waals surface area contributed by atoms with E-state index in [2.05, 4.69) is 25.3 Å². The Balaban J connectivity index is 1.03. The average Bonchev–Trinajstić information content (AvgIpc) is 3.79. The SMILES string of the molecule is CC(C)(O/N=C(\C(=O)N[C@@H]1C(=O)N2C(C(=O)O)=C(C[n+]3ccc4c(ccn4Cc4ccc(C(N)=N[C@@H]5CCCNC5)cc4)c3)CS[C@H]12)c1csc(N)n1)C(=O)O. The number of aromatic nitrogens is 3. The molecule has 0 bridgehead atoms. The first-order chi connectivity index (χ1) is 26.8. The third-order valence-corrected chi connectivity index (χ3v) is 11.7. The monoisotopic (exact) mass is 801 g/mol. The minimum atomic E-state index is -1.77. The lowest BCUT2D eigenvalue weighted by atomic mass is 10.0. The number of β-lactam (4-membered cyclic amide) rings is 1. The van der Waals surface area contributed by atoms with Crippen LogP contribution in [-0.2, 0) is 37.1 Å². The van der Waals surface area contributed by atoms with Crippen LogP contribution in [-0.4, -0.2) is 102 Å². The molecule has 0 radical (unpaired) electrons. The molecular weight excluding hydrogens is 761 g/mol. The van der Waals surface area contributed by atoms with Gasteiger partial charge in [0, 0.05) is 47.6 Å². The molecule has 292 valence electrons. The van der Waals surface area contributed by atoms with Gasteiger partial charge < -0.3 is 41.7 Å². The van der Waals surface area contributed by atoms with E-state index in [0.717, 1.165) is 59.3 Å². The Hall–Kier alpha value is -5.79. The molecule has 8 N–H and O–H groups in total. The van der Waals surface area contributed by atoms with Crippen LogP contribution in [0.1, 0.15) is 43.5 Å². The van der Waals surface area contributed by atoms with Gasteiger partial charge in [-0.3, -0.25) is 19.5 Å². The van der Waals surface area contributed by atoms with Crippen LogP contribution >= 0.6 is 23.1 Å². The summed E-state index contributed by atoms with van der Waals surface area (Å²) < 4.78 is 4.02. The number of hydrogen-bond acceptors (Lipinski definition) is 12. The molecule has 0 spiro atoms. The van der Waals surface area contributed by atoms with Crippen molar-refractivity contribution in [3.63, 3.8) is 0 Å². The lowest BCUT2D eigenvalue weighted by molar-refractivity contribution is -0.687. The number of fused-ring (bicyclic) bond motifs is 2. The largest absolute Gasteiger partial charge is 0.478 e. The van der Waals surface area contributed by atoms with Crippen LogP contribution in [0.5, 0.6) is 0 Å². The molecule has 3 aromatic heterocycles. The van der Waals surface area contributed by atoms with Crippen LogP contribution < -0.4 is 26.7 Å². The zero-order chi connectivity index (χ0) is 39.7. The van der Waals surface area contributed by atoms with Crippen LogP contribution in [0.4, 0.5) is 5.13 Å². The number of amides is 2. The Morgan fingerprint density at radius 2 is 1.96 bits per heavy atom. The summed E-state index contributed by atoms with van der Waals surface area (Å²) in [6.45, 7) is 5.24. The topological polar surface area (TPSA) is 244 Å². The molecule has 0 unspecified atom stereocenters. The number of nitrogens with zero attached hydrogens (tertiary/aromatic N) is 6. The molecule has 0 aliphatic carbocycles. The maximum atomic E-state index is 13.5. The summed E-state index contributed by atoms with van der Waals surface area (Å²) >= 11 is 2.35. The van der Waals surface area contributed by atoms with E-state index in [1.807, 2.05) is 59.6 Å². The van der Waals surface area contributed by atoms with E-state index in [-0.39, 0.29) is 40.6 Å². The first-order valence-corrected chi connectivity index (χ1v) is 19.7. The molecule has 2 amide bonds. The highest BCUT2D eigenvalue weighted by Gasteiger charge is 2.55. The number of thioether (sulfide) groups is 1. The van der Waals surface area contributed by atoms with Crippen LogP contribution in [0.3, 0.4) is 0 Å². The van der Waals surface area contributed by atoms with Crippen molar-refractivity contribution >= 4 is 74.4 Å². The van der Waals surface area contributed by atoms with Crippen LogP contribution in [0.25, 0.3) is 10.9 Å². The predicted octanol–water partition coefficient (Wildman–Crippen LogP) is 1.50. The maximum absolute atomic E-state index is 13.5. The van der Waals surface area contributed by atoms with Gasteiger partial charge in [-0.2, -0.15) is 0 Å². The van der Waals surface area contributed by atoms with Gasteiger partial charge in [0.15, 0.2) is 29.8 Å². The van der Waals surface area contributed by atoms with Crippen molar-refractivity contribution in [1.29, 1.82) is 0 Å². The summed E-state index contributed by atoms with van der Waals surface area (Å²) in [5.74, 6) is -3.22. The summed E-state index contributed by atoms with van der Waals surface area (Å²) in [6.07, 6.45) is 7.95. The minimum absolute atomic E-state index is 0.0251. The van der Waals surface area contributed by atoms with Gasteiger partial charge in [-0.25, -0.2) is 19.1 Å². The van der Waals surface area contributed by atoms with Gasteiger partial charge in [-0.05, 0) is 44.9 Å². The van der Waals surface area contributed by atoms with Gasteiger partial charge in [-0.15, -0.1) is 23.1 Å². The van der Waals surface area contributed by atoms with E-state index in [9.17, 15) is 29.4 Å². The lowest BCUT2D eigenvalue weighted by Crippen LogP contribution is -2.71. The highest BCUT2D eigenvalue weighted by molar-refractivity contribution is 8.00. The standard InChI is InChI=1S/C37H40N10O7S2/c1-37(2,35(52)53)54-44-27(25-19-56-36(39)42-25)31(48)43-28-32(49)47-29(34(50)51)23(18-55-33(28)47)17-45-12-10-26-22(16-45)9-13-46(26)15-20-5-7-21(8-6-20)30(38)41-24-4-3-11-40-14-24/h5-10,12-13,16,19,24,28,33,40H,3-4,11,14-15,17-18H2,1-2H3,(H6-,38,39,41,42,43,48,50,51,52,53)/p+1/b44-27-/t24-,28-,33-/m1/s1. The Morgan fingerprint density at radius 3 is 2.64 bits per heavy atom. The Labute approximate surface area is 329 Å². The Morgan fingerprint density at radius 1 is 1.18 bits per heavy atom. The molecule has 6 heterocycles. The number of thiazole rings is 1. The first-order valence-electron chi connectivity index (χ1n) is 17.8. The van der Waals surface area contributed by atoms with Gasteiger partial charge in [0.05, 0.1) is 16.9 Å². The molecule has 19 heteroatoms. The second kappa shape index (κ2) is 15.8. The van der Waals surface area contributed by atoms with Gasteiger partial charge in [-0.1, -0.05) is 29.4 Å². The Bertz CT molecular complexity index is 2290. The van der Waals surface area contributed by atoms with Crippen molar-refractivity contribution < 1.29 is 38.8 Å². The summed E-state index contributed by atoms with van der Waals surface area (Å²) in [5, 5.41) is 31.3. The first kappa shape index (κ1) is 38.5. The Kier molecular flexibility index (Phi) is 10.8. The third kappa shape index (κ3) is 7.96. The zero-order valence-corrected chi connectivity index (χ0v) is 32.2. The van der Waals surface area contributed by atoms with Crippen LogP contribution in [0.2, 0.25) is 0 Å². The number of pyridine rings is 1. The van der Waals surface area contributed by atoms with E-state index in [4.69, 9.17) is 21.3 Å². The van der Waals surface area contributed by atoms with Crippen LogP contribution in [0, 0.1) is 0 Å². The lowest BCUT2D eigenvalue weighted by Gasteiger charge is -2.49. The molecular formula is C37H41N10O7S2+. The van der Waals surface area contributed by atoms with Crippen molar-refractivity contribution in [2.75, 3.05) is 24.6 Å². The minimum Gasteiger partial charge on any atom is -0.478 e. The van der Waals surface area contributed by atoms with Gasteiger partial charge in [0.2, 0.25) is 5.60 Å². The molecule has 2 saturated heterocycles. The van der Waals surface area contributed by atoms with E-state index in [0.29, 0.717) is 18.0 Å². The zero-order valence-electron chi connectivity index (χ0n) is 30.5. The van der Waals surface area contributed by atoms with Crippen molar-refractivity contribution in [1.82, 2.24) is 25.1 Å². The molecule has 3 atom stereocenters. The predicted molar refractivity (Wildman–Crippen MR) is 210 cm³/mol. The van der Waals surface area contributed by atoms with E-state index in [1.165, 1.54) is 35.9 Å². The number of carboxylic acids is 2. The van der Waals surface area contributed by atoms with Crippen molar-refractivity contribution in [2.45, 2.75) is 62.8 Å². The fourth-order valence-corrected chi connectivity index (χ4v) is 8.54. The third-order valence-electron chi connectivity index (χ3n) is 9.73. The fourth-order valence-electron chi connectivity index (χ4n) is 6.65. The van der Waals surface area contributed by atoms with E-state index in [1.54, 1.807) is 0 Å². The summed E-state index contributed by atoms with van der Waals surface area (Å²) in [4.78, 5) is 66.2. The van der Waals surface area contributed by atoms with Gasteiger partial charge in [0.25, 0.3) is 11.8 Å². The number of nitrogens with two attached hydrogens (primary N) is 2. The molecule has 3 aliphatic rings. The number of hydrogen-bond donors (Lipinski definition) is 6. The molecule has 56 heavy (non-hydrogen) atoms. The second-order valence-electron chi connectivity index (χ2n) is 14.1. The maximum Gasteiger partial charge on any atom is 0.352 e. The number of carbonyl (C=O) groups excluding carboxylic acids is 2. The van der Waals surface area contributed by atoms with Crippen LogP contribution in [0.15, 0.2) is 81.8 Å². The number of aliphatic imine (C=N–C) groups is 1. The van der Waals surface area contributed by atoms with E-state index >= 15 is 0 Å². The normalized spacial score (nSPS) is 20.4. The summed E-state index contributed by atoms with van der Waals surface area (Å²) in [6, 6.07) is 11.2. The number of rotatable bonds is 13. The van der Waals surface area contributed by atoms with E-state index < -0.39 is 40.8 Å². The number of benzene rings is 1. The molecule has 7 rings (SSSR count). The smallest absolute Gasteiger partial charge is 0.352 e. The molecule has 17 nitrogen and oxygen atoms in total. The fraction of sp³-hybridized carbons (Fsp3) is 0.351. The number of anilines is 1. The molecule has 2 fully saturated rings. The average molecular weight is 802 g/mol. The molecule has 1 aromatic carbocycles. The number of carboxylic acid groups (broad SMARTS) is 2. The number of nitrogens with one attached hydrogen (secondary N) is 2. The number of nitrogen functional groups attached to an aromatic ring is 1. The summed E-state index contributed by atoms with van der Waals surface area (Å²) in [7, 11) is 0. The van der Waals surface area contributed by atoms with Gasteiger partial charge >= 0.3 is 11.9 Å². The quantitative estimate of drug-likeness (QED) is 0.0371. The molecule has 3 aliphatic heterocycles. The number of piperidine rings is 1. The highest BCUT2D eigenvalue weighted by Crippen LogP contribution is 2.40. The number of oxime groups is 1. The molecule has 0 saturated carbocycles. The highest BCUT2D eigenvalue weighted by atomic mass is 32.2. The van der Waals surface area contributed by atoms with Crippen molar-refractivity contribution in [2.24, 2.45) is 15.9 Å².